The van der Waals surface area contributed by atoms with Crippen LogP contribution in [0.2, 0.25) is 0 Å². The number of hydrogen-bond donors (Lipinski definition) is 3. The van der Waals surface area contributed by atoms with Crippen molar-refractivity contribution < 1.29 is 27.4 Å². The number of amides is 4. The fourth-order valence-corrected chi connectivity index (χ4v) is 2.56. The molecule has 0 spiro atoms. The van der Waals surface area contributed by atoms with Gasteiger partial charge in [0.25, 0.3) is 10.1 Å². The van der Waals surface area contributed by atoms with E-state index in [0.29, 0.717) is 16.2 Å². The Hall–Kier alpha value is -3.24. The van der Waals surface area contributed by atoms with Gasteiger partial charge in [-0.3, -0.25) is 9.35 Å². The van der Waals surface area contributed by atoms with Crippen LogP contribution in [0.3, 0.4) is 0 Å². The summed E-state index contributed by atoms with van der Waals surface area (Å²) in [4.78, 5) is 35.4. The second-order valence-electron chi connectivity index (χ2n) is 5.21. The molecule has 0 aliphatic heterocycles. The second kappa shape index (κ2) is 7.33. The van der Waals surface area contributed by atoms with Gasteiger partial charge in [0.2, 0.25) is 0 Å². The molecule has 2 rings (SSSR count). The Bertz CT molecular complexity index is 952. The maximum Gasteiger partial charge on any atom is 0.334 e. The topological polar surface area (TPSA) is 147 Å². The highest BCUT2D eigenvalue weighted by atomic mass is 32.2. The summed E-state index contributed by atoms with van der Waals surface area (Å²) >= 11 is 0. The predicted octanol–water partition coefficient (Wildman–Crippen LogP) is 2.25. The highest BCUT2D eigenvalue weighted by molar-refractivity contribution is 7.85. The summed E-state index contributed by atoms with van der Waals surface area (Å²) in [7, 11) is -4.41. The van der Waals surface area contributed by atoms with Crippen molar-refractivity contribution in [3.63, 3.8) is 0 Å². The number of carbonyl (C=O) groups excluding carboxylic acids is 3. The molecule has 0 saturated carbocycles. The maximum atomic E-state index is 12.3. The second-order valence-corrected chi connectivity index (χ2v) is 6.63. The molecule has 0 fully saturated rings. The van der Waals surface area contributed by atoms with Crippen LogP contribution in [-0.2, 0) is 10.1 Å². The SMILES string of the molecule is CC(=O)c1ccc(NC(=O)N(C(N)=O)c2ccc(S(=O)(=O)O)cc2)cc1. The van der Waals surface area contributed by atoms with Crippen molar-refractivity contribution in [1.82, 2.24) is 0 Å². The number of hydrogen-bond acceptors (Lipinski definition) is 5. The molecule has 0 aliphatic carbocycles. The van der Waals surface area contributed by atoms with Crippen LogP contribution in [0.5, 0.6) is 0 Å². The minimum atomic E-state index is -4.41. The Morgan fingerprint density at radius 1 is 1.00 bits per heavy atom. The fraction of sp³-hybridized carbons (Fsp3) is 0.0625. The van der Waals surface area contributed by atoms with Gasteiger partial charge >= 0.3 is 12.1 Å². The summed E-state index contributed by atoms with van der Waals surface area (Å²) in [5.41, 5.74) is 6.00. The number of nitrogens with two attached hydrogens (primary N) is 1. The number of carbonyl (C=O) groups is 3. The largest absolute Gasteiger partial charge is 0.351 e. The number of nitrogens with zero attached hydrogens (tertiary/aromatic N) is 1. The molecule has 0 bridgehead atoms. The molecule has 4 N–H and O–H groups in total. The third-order valence-electron chi connectivity index (χ3n) is 3.36. The number of ketones is 1. The Morgan fingerprint density at radius 2 is 1.54 bits per heavy atom. The quantitative estimate of drug-likeness (QED) is 0.550. The van der Waals surface area contributed by atoms with Gasteiger partial charge < -0.3 is 11.1 Å². The van der Waals surface area contributed by atoms with E-state index in [2.05, 4.69) is 5.32 Å². The molecule has 0 heterocycles. The molecule has 2 aromatic carbocycles. The van der Waals surface area contributed by atoms with E-state index in [4.69, 9.17) is 10.3 Å². The molecule has 0 saturated heterocycles. The highest BCUT2D eigenvalue weighted by Gasteiger charge is 2.22. The number of primary amides is 1. The Labute approximate surface area is 149 Å². The van der Waals surface area contributed by atoms with E-state index in [0.717, 1.165) is 24.3 Å². The standard InChI is InChI=1S/C16H15N3O6S/c1-10(20)11-2-4-12(5-3-11)18-16(22)19(15(17)21)13-6-8-14(9-7-13)26(23,24)25/h2-9H,1H3,(H2,17,21)(H,18,22)(H,23,24,25). The lowest BCUT2D eigenvalue weighted by Crippen LogP contribution is -2.43. The van der Waals surface area contributed by atoms with Crippen LogP contribution in [-0.4, -0.2) is 30.8 Å². The van der Waals surface area contributed by atoms with Gasteiger partial charge in [0.1, 0.15) is 0 Å². The van der Waals surface area contributed by atoms with Crippen LogP contribution in [0.25, 0.3) is 0 Å². The van der Waals surface area contributed by atoms with Crippen molar-refractivity contribution in [2.45, 2.75) is 11.8 Å². The van der Waals surface area contributed by atoms with Crippen molar-refractivity contribution in [3.05, 3.63) is 54.1 Å². The maximum absolute atomic E-state index is 12.3. The van der Waals surface area contributed by atoms with Crippen molar-refractivity contribution >= 4 is 39.3 Å². The lowest BCUT2D eigenvalue weighted by Gasteiger charge is -2.19. The van der Waals surface area contributed by atoms with Crippen molar-refractivity contribution in [2.24, 2.45) is 5.73 Å². The number of rotatable bonds is 4. The minimum Gasteiger partial charge on any atom is -0.351 e. The summed E-state index contributed by atoms with van der Waals surface area (Å²) < 4.78 is 31.0. The molecule has 136 valence electrons. The molecule has 0 atom stereocenters. The van der Waals surface area contributed by atoms with E-state index in [1.165, 1.54) is 31.2 Å². The van der Waals surface area contributed by atoms with Gasteiger partial charge in [-0.05, 0) is 55.5 Å². The number of imide groups is 1. The van der Waals surface area contributed by atoms with E-state index in [-0.39, 0.29) is 11.5 Å². The first-order chi connectivity index (χ1) is 12.1. The normalized spacial score (nSPS) is 10.8. The molecule has 10 heteroatoms. The predicted molar refractivity (Wildman–Crippen MR) is 93.8 cm³/mol. The smallest absolute Gasteiger partial charge is 0.334 e. The van der Waals surface area contributed by atoms with Gasteiger partial charge in [0.15, 0.2) is 5.78 Å². The monoisotopic (exact) mass is 377 g/mol. The molecule has 0 unspecified atom stereocenters. The first kappa shape index (κ1) is 19.1. The number of urea groups is 2. The number of anilines is 2. The summed E-state index contributed by atoms with van der Waals surface area (Å²) in [6, 6.07) is 8.34. The van der Waals surface area contributed by atoms with Crippen molar-refractivity contribution in [3.8, 4) is 0 Å². The van der Waals surface area contributed by atoms with Crippen LogP contribution in [0.4, 0.5) is 21.0 Å². The summed E-state index contributed by atoms with van der Waals surface area (Å²) in [5, 5.41) is 2.44. The molecule has 9 nitrogen and oxygen atoms in total. The summed E-state index contributed by atoms with van der Waals surface area (Å²) in [6.45, 7) is 1.40. The van der Waals surface area contributed by atoms with Gasteiger partial charge in [-0.2, -0.15) is 8.42 Å². The summed E-state index contributed by atoms with van der Waals surface area (Å²) in [6.07, 6.45) is 0. The van der Waals surface area contributed by atoms with Crippen molar-refractivity contribution in [1.29, 1.82) is 0 Å². The number of benzene rings is 2. The van der Waals surface area contributed by atoms with Gasteiger partial charge in [-0.1, -0.05) is 0 Å². The van der Waals surface area contributed by atoms with E-state index in [1.807, 2.05) is 0 Å². The van der Waals surface area contributed by atoms with Crippen LogP contribution < -0.4 is 16.0 Å². The lowest BCUT2D eigenvalue weighted by atomic mass is 10.1. The summed E-state index contributed by atoms with van der Waals surface area (Å²) in [5.74, 6) is -0.138. The van der Waals surface area contributed by atoms with Gasteiger partial charge in [-0.25, -0.2) is 14.5 Å². The minimum absolute atomic E-state index is 0.00255. The average molecular weight is 377 g/mol. The zero-order valence-electron chi connectivity index (χ0n) is 13.5. The van der Waals surface area contributed by atoms with E-state index in [9.17, 15) is 22.8 Å². The van der Waals surface area contributed by atoms with E-state index in [1.54, 1.807) is 0 Å². The zero-order chi connectivity index (χ0) is 19.5. The third-order valence-corrected chi connectivity index (χ3v) is 4.23. The first-order valence-corrected chi connectivity index (χ1v) is 8.62. The van der Waals surface area contributed by atoms with E-state index >= 15 is 0 Å². The number of nitrogens with one attached hydrogen (secondary N) is 1. The van der Waals surface area contributed by atoms with Crippen LogP contribution in [0.15, 0.2) is 53.4 Å². The average Bonchev–Trinajstić information content (AvgIpc) is 2.54. The molecule has 26 heavy (non-hydrogen) atoms. The Balaban J connectivity index is 2.25. The number of Topliss-reactive ketones (excluding diaryl/α,β-unsaturated/α-hetero) is 1. The Morgan fingerprint density at radius 3 is 1.96 bits per heavy atom. The zero-order valence-corrected chi connectivity index (χ0v) is 14.4. The molecule has 2 aromatic rings. The fourth-order valence-electron chi connectivity index (χ4n) is 2.08. The molecule has 4 amide bonds. The Kier molecular flexibility index (Phi) is 5.38. The molecule has 0 radical (unpaired) electrons. The van der Waals surface area contributed by atoms with Crippen molar-refractivity contribution in [2.75, 3.05) is 10.2 Å². The van der Waals surface area contributed by atoms with Crippen LogP contribution in [0.1, 0.15) is 17.3 Å². The van der Waals surface area contributed by atoms with Gasteiger partial charge in [0.05, 0.1) is 10.6 Å². The molecular formula is C16H15N3O6S. The highest BCUT2D eigenvalue weighted by Crippen LogP contribution is 2.19. The lowest BCUT2D eigenvalue weighted by molar-refractivity contribution is 0.101. The van der Waals surface area contributed by atoms with E-state index < -0.39 is 27.1 Å². The van der Waals surface area contributed by atoms with Gasteiger partial charge in [0, 0.05) is 11.3 Å². The van der Waals surface area contributed by atoms with Crippen LogP contribution >= 0.6 is 0 Å². The molecule has 0 aliphatic rings. The molecular weight excluding hydrogens is 362 g/mol. The third kappa shape index (κ3) is 4.43. The van der Waals surface area contributed by atoms with Crippen LogP contribution in [0, 0.1) is 0 Å². The molecule has 0 aromatic heterocycles. The van der Waals surface area contributed by atoms with Gasteiger partial charge in [-0.15, -0.1) is 0 Å². The first-order valence-electron chi connectivity index (χ1n) is 7.18.